The molecule has 24 heavy (non-hydrogen) atoms. The Morgan fingerprint density at radius 2 is 1.62 bits per heavy atom. The maximum Gasteiger partial charge on any atom is 0.254 e. The van der Waals surface area contributed by atoms with Crippen LogP contribution in [0.3, 0.4) is 0 Å². The van der Waals surface area contributed by atoms with E-state index >= 15 is 0 Å². The summed E-state index contributed by atoms with van der Waals surface area (Å²) < 4.78 is 10.6. The highest BCUT2D eigenvalue weighted by atomic mass is 16.7. The largest absolute Gasteiger partial charge is 0.454 e. The van der Waals surface area contributed by atoms with E-state index in [1.54, 1.807) is 18.2 Å². The standard InChI is InChI=1S/C18H24N2O4/c1-18(2,3)17(22)20-8-4-7-19(9-10-20)16(21)13-5-6-14-15(11-13)24-12-23-14/h5-6,11H,4,7-10,12H2,1-3H3. The van der Waals surface area contributed by atoms with Crippen LogP contribution in [-0.4, -0.2) is 54.6 Å². The number of benzene rings is 1. The van der Waals surface area contributed by atoms with E-state index < -0.39 is 5.41 Å². The summed E-state index contributed by atoms with van der Waals surface area (Å²) >= 11 is 0. The number of rotatable bonds is 1. The number of ether oxygens (including phenoxy) is 2. The molecule has 2 amide bonds. The molecule has 1 fully saturated rings. The molecule has 2 heterocycles. The summed E-state index contributed by atoms with van der Waals surface area (Å²) in [6.45, 7) is 8.45. The lowest BCUT2D eigenvalue weighted by atomic mass is 9.94. The fraction of sp³-hybridized carbons (Fsp3) is 0.556. The van der Waals surface area contributed by atoms with Crippen LogP contribution in [0.4, 0.5) is 0 Å². The van der Waals surface area contributed by atoms with Gasteiger partial charge >= 0.3 is 0 Å². The number of carbonyl (C=O) groups is 2. The molecule has 0 N–H and O–H groups in total. The number of hydrogen-bond acceptors (Lipinski definition) is 4. The van der Waals surface area contributed by atoms with Gasteiger partial charge in [0.25, 0.3) is 5.91 Å². The van der Waals surface area contributed by atoms with E-state index in [1.807, 2.05) is 30.6 Å². The molecule has 0 saturated carbocycles. The Morgan fingerprint density at radius 3 is 2.38 bits per heavy atom. The summed E-state index contributed by atoms with van der Waals surface area (Å²) in [6.07, 6.45) is 0.790. The summed E-state index contributed by atoms with van der Waals surface area (Å²) in [5.41, 5.74) is 0.200. The molecule has 6 nitrogen and oxygen atoms in total. The predicted molar refractivity (Wildman–Crippen MR) is 89.1 cm³/mol. The molecule has 0 unspecified atom stereocenters. The van der Waals surface area contributed by atoms with Crippen LogP contribution in [0.2, 0.25) is 0 Å². The van der Waals surface area contributed by atoms with E-state index in [9.17, 15) is 9.59 Å². The van der Waals surface area contributed by atoms with Gasteiger partial charge in [-0.2, -0.15) is 0 Å². The molecule has 130 valence electrons. The first-order valence-corrected chi connectivity index (χ1v) is 8.34. The minimum Gasteiger partial charge on any atom is -0.454 e. The molecule has 1 aromatic rings. The van der Waals surface area contributed by atoms with Crippen molar-refractivity contribution in [3.05, 3.63) is 23.8 Å². The summed E-state index contributed by atoms with van der Waals surface area (Å²) in [6, 6.07) is 5.26. The van der Waals surface area contributed by atoms with Crippen LogP contribution in [-0.2, 0) is 4.79 Å². The molecule has 2 aliphatic rings. The first-order chi connectivity index (χ1) is 11.4. The van der Waals surface area contributed by atoms with Crippen LogP contribution in [0.15, 0.2) is 18.2 Å². The van der Waals surface area contributed by atoms with Crippen LogP contribution in [0, 0.1) is 5.41 Å². The number of nitrogens with zero attached hydrogens (tertiary/aromatic N) is 2. The third-order valence-electron chi connectivity index (χ3n) is 4.33. The van der Waals surface area contributed by atoms with Gasteiger partial charge in [-0.25, -0.2) is 0 Å². The second-order valence-corrected chi connectivity index (χ2v) is 7.26. The maximum absolute atomic E-state index is 12.8. The van der Waals surface area contributed by atoms with Crippen molar-refractivity contribution < 1.29 is 19.1 Å². The monoisotopic (exact) mass is 332 g/mol. The molecule has 0 atom stereocenters. The minimum atomic E-state index is -0.392. The van der Waals surface area contributed by atoms with Crippen molar-refractivity contribution in [2.24, 2.45) is 5.41 Å². The van der Waals surface area contributed by atoms with Gasteiger partial charge in [-0.15, -0.1) is 0 Å². The van der Waals surface area contributed by atoms with Crippen molar-refractivity contribution in [1.82, 2.24) is 9.80 Å². The fourth-order valence-corrected chi connectivity index (χ4v) is 3.01. The highest BCUT2D eigenvalue weighted by molar-refractivity contribution is 5.95. The zero-order valence-corrected chi connectivity index (χ0v) is 14.5. The van der Waals surface area contributed by atoms with Crippen molar-refractivity contribution >= 4 is 11.8 Å². The number of carbonyl (C=O) groups excluding carboxylic acids is 2. The molecular formula is C18H24N2O4. The van der Waals surface area contributed by atoms with Gasteiger partial charge in [0.1, 0.15) is 0 Å². The number of amides is 2. The summed E-state index contributed by atoms with van der Waals surface area (Å²) in [5, 5.41) is 0. The van der Waals surface area contributed by atoms with Crippen molar-refractivity contribution in [2.45, 2.75) is 27.2 Å². The Hall–Kier alpha value is -2.24. The van der Waals surface area contributed by atoms with E-state index in [2.05, 4.69) is 0 Å². The van der Waals surface area contributed by atoms with E-state index in [4.69, 9.17) is 9.47 Å². The molecule has 1 saturated heterocycles. The summed E-state index contributed by atoms with van der Waals surface area (Å²) in [5.74, 6) is 1.39. The first kappa shape index (κ1) is 16.6. The quantitative estimate of drug-likeness (QED) is 0.790. The lowest BCUT2D eigenvalue weighted by molar-refractivity contribution is -0.139. The smallest absolute Gasteiger partial charge is 0.254 e. The Balaban J connectivity index is 1.68. The molecule has 6 heteroatoms. The van der Waals surface area contributed by atoms with Crippen molar-refractivity contribution in [3.63, 3.8) is 0 Å². The molecular weight excluding hydrogens is 308 g/mol. The van der Waals surface area contributed by atoms with E-state index in [0.717, 1.165) is 6.42 Å². The molecule has 1 aromatic carbocycles. The van der Waals surface area contributed by atoms with Crippen molar-refractivity contribution in [3.8, 4) is 11.5 Å². The van der Waals surface area contributed by atoms with Crippen LogP contribution >= 0.6 is 0 Å². The Bertz CT molecular complexity index is 651. The minimum absolute atomic E-state index is 0.0293. The van der Waals surface area contributed by atoms with E-state index in [1.165, 1.54) is 0 Å². The van der Waals surface area contributed by atoms with Gasteiger partial charge in [-0.05, 0) is 24.6 Å². The Kier molecular flexibility index (Phi) is 4.39. The molecule has 0 spiro atoms. The fourth-order valence-electron chi connectivity index (χ4n) is 3.01. The molecule has 3 rings (SSSR count). The van der Waals surface area contributed by atoms with Gasteiger partial charge in [0.2, 0.25) is 12.7 Å². The first-order valence-electron chi connectivity index (χ1n) is 8.34. The average Bonchev–Trinajstić information content (AvgIpc) is 2.87. The Labute approximate surface area is 142 Å². The van der Waals surface area contributed by atoms with Crippen molar-refractivity contribution in [2.75, 3.05) is 33.0 Å². The average molecular weight is 332 g/mol. The van der Waals surface area contributed by atoms with Gasteiger partial charge < -0.3 is 19.3 Å². The molecule has 0 aromatic heterocycles. The molecule has 2 aliphatic heterocycles. The van der Waals surface area contributed by atoms with Gasteiger partial charge in [0.05, 0.1) is 0 Å². The topological polar surface area (TPSA) is 59.1 Å². The highest BCUT2D eigenvalue weighted by Crippen LogP contribution is 2.33. The van der Waals surface area contributed by atoms with Crippen molar-refractivity contribution in [1.29, 1.82) is 0 Å². The van der Waals surface area contributed by atoms with Gasteiger partial charge in [-0.3, -0.25) is 9.59 Å². The van der Waals surface area contributed by atoms with Crippen LogP contribution in [0.25, 0.3) is 0 Å². The normalized spacial score (nSPS) is 17.6. The maximum atomic E-state index is 12.8. The second kappa shape index (κ2) is 6.34. The lowest BCUT2D eigenvalue weighted by Crippen LogP contribution is -2.42. The van der Waals surface area contributed by atoms with Gasteiger partial charge in [0.15, 0.2) is 11.5 Å². The zero-order valence-electron chi connectivity index (χ0n) is 14.5. The lowest BCUT2D eigenvalue weighted by Gasteiger charge is -2.28. The van der Waals surface area contributed by atoms with Gasteiger partial charge in [0, 0.05) is 37.2 Å². The third kappa shape index (κ3) is 3.32. The van der Waals surface area contributed by atoms with E-state index in [0.29, 0.717) is 43.2 Å². The van der Waals surface area contributed by atoms with E-state index in [-0.39, 0.29) is 18.6 Å². The molecule has 0 aliphatic carbocycles. The molecule has 0 radical (unpaired) electrons. The van der Waals surface area contributed by atoms with Crippen LogP contribution < -0.4 is 9.47 Å². The Morgan fingerprint density at radius 1 is 0.958 bits per heavy atom. The second-order valence-electron chi connectivity index (χ2n) is 7.26. The number of fused-ring (bicyclic) bond motifs is 1. The number of hydrogen-bond donors (Lipinski definition) is 0. The van der Waals surface area contributed by atoms with Gasteiger partial charge in [-0.1, -0.05) is 20.8 Å². The summed E-state index contributed by atoms with van der Waals surface area (Å²) in [4.78, 5) is 28.9. The van der Waals surface area contributed by atoms with Crippen LogP contribution in [0.1, 0.15) is 37.6 Å². The predicted octanol–water partition coefficient (Wildman–Crippen LogP) is 2.14. The SMILES string of the molecule is CC(C)(C)C(=O)N1CCCN(C(=O)c2ccc3c(c2)OCO3)CC1. The molecule has 0 bridgehead atoms. The highest BCUT2D eigenvalue weighted by Gasteiger charge is 2.30. The summed E-state index contributed by atoms with van der Waals surface area (Å²) in [7, 11) is 0. The third-order valence-corrected chi connectivity index (χ3v) is 4.33. The zero-order chi connectivity index (χ0) is 17.3. The van der Waals surface area contributed by atoms with Crippen LogP contribution in [0.5, 0.6) is 11.5 Å².